The van der Waals surface area contributed by atoms with Crippen LogP contribution in [0.15, 0.2) is 72.8 Å². The van der Waals surface area contributed by atoms with Gasteiger partial charge >= 0.3 is 0 Å². The molecule has 0 heterocycles. The fourth-order valence-corrected chi connectivity index (χ4v) is 3.12. The first-order chi connectivity index (χ1) is 15.7. The molecule has 0 radical (unpaired) electrons. The van der Waals surface area contributed by atoms with Gasteiger partial charge in [-0.1, -0.05) is 32.9 Å². The van der Waals surface area contributed by atoms with Crippen LogP contribution < -0.4 is 20.1 Å². The first-order valence-corrected chi connectivity index (χ1v) is 10.8. The molecule has 3 aromatic carbocycles. The van der Waals surface area contributed by atoms with Gasteiger partial charge in [0.15, 0.2) is 6.10 Å². The lowest BCUT2D eigenvalue weighted by molar-refractivity contribution is -0.122. The summed E-state index contributed by atoms with van der Waals surface area (Å²) in [5, 5.41) is 5.69. The van der Waals surface area contributed by atoms with Gasteiger partial charge in [-0.05, 0) is 78.6 Å². The quantitative estimate of drug-likeness (QED) is 0.492. The van der Waals surface area contributed by atoms with E-state index in [0.717, 1.165) is 0 Å². The van der Waals surface area contributed by atoms with E-state index in [0.29, 0.717) is 28.4 Å². The van der Waals surface area contributed by atoms with E-state index in [1.807, 2.05) is 24.3 Å². The Kier molecular flexibility index (Phi) is 7.38. The Morgan fingerprint density at radius 2 is 1.27 bits per heavy atom. The molecular weight excluding hydrogens is 416 g/mol. The molecule has 0 aliphatic heterocycles. The van der Waals surface area contributed by atoms with Gasteiger partial charge in [0, 0.05) is 16.9 Å². The van der Waals surface area contributed by atoms with E-state index in [9.17, 15) is 9.59 Å². The molecule has 3 rings (SSSR count). The lowest BCUT2D eigenvalue weighted by Crippen LogP contribution is -2.30. The normalized spacial score (nSPS) is 11.9. The smallest absolute Gasteiger partial charge is 0.265 e. The van der Waals surface area contributed by atoms with Crippen LogP contribution in [0.2, 0.25) is 0 Å². The Balaban J connectivity index is 1.54. The van der Waals surface area contributed by atoms with Crippen molar-refractivity contribution >= 4 is 23.2 Å². The van der Waals surface area contributed by atoms with Crippen molar-refractivity contribution in [2.45, 2.75) is 39.2 Å². The van der Waals surface area contributed by atoms with Crippen molar-refractivity contribution in [3.05, 3.63) is 83.9 Å². The maximum absolute atomic E-state index is 12.5. The van der Waals surface area contributed by atoms with E-state index in [4.69, 9.17) is 9.47 Å². The summed E-state index contributed by atoms with van der Waals surface area (Å²) in [4.78, 5) is 25.0. The maximum Gasteiger partial charge on any atom is 0.265 e. The van der Waals surface area contributed by atoms with Crippen LogP contribution >= 0.6 is 0 Å². The van der Waals surface area contributed by atoms with Crippen LogP contribution in [0.1, 0.15) is 43.6 Å². The molecule has 6 heteroatoms. The number of hydrogen-bond donors (Lipinski definition) is 2. The third kappa shape index (κ3) is 6.59. The lowest BCUT2D eigenvalue weighted by atomic mass is 9.87. The maximum atomic E-state index is 12.5. The lowest BCUT2D eigenvalue weighted by Gasteiger charge is -2.19. The molecule has 33 heavy (non-hydrogen) atoms. The molecule has 6 nitrogen and oxygen atoms in total. The van der Waals surface area contributed by atoms with Gasteiger partial charge in [-0.15, -0.1) is 0 Å². The minimum Gasteiger partial charge on any atom is -0.497 e. The zero-order valence-electron chi connectivity index (χ0n) is 19.6. The predicted octanol–water partition coefficient (Wildman–Crippen LogP) is 5.65. The third-order valence-corrected chi connectivity index (χ3v) is 5.16. The molecule has 0 saturated heterocycles. The molecule has 1 atom stereocenters. The van der Waals surface area contributed by atoms with Crippen molar-refractivity contribution < 1.29 is 19.1 Å². The van der Waals surface area contributed by atoms with E-state index < -0.39 is 6.10 Å². The summed E-state index contributed by atoms with van der Waals surface area (Å²) in [6, 6.07) is 21.6. The molecule has 2 amide bonds. The Bertz CT molecular complexity index is 1080. The van der Waals surface area contributed by atoms with Gasteiger partial charge in [-0.3, -0.25) is 9.59 Å². The van der Waals surface area contributed by atoms with E-state index in [1.165, 1.54) is 5.56 Å². The first kappa shape index (κ1) is 23.9. The average molecular weight is 447 g/mol. The third-order valence-electron chi connectivity index (χ3n) is 5.16. The van der Waals surface area contributed by atoms with Crippen molar-refractivity contribution in [3.8, 4) is 11.5 Å². The van der Waals surface area contributed by atoms with Crippen LogP contribution in [0.5, 0.6) is 11.5 Å². The van der Waals surface area contributed by atoms with Crippen LogP contribution in [0.4, 0.5) is 11.4 Å². The molecule has 2 N–H and O–H groups in total. The topological polar surface area (TPSA) is 76.7 Å². The zero-order chi connectivity index (χ0) is 24.0. The highest BCUT2D eigenvalue weighted by Crippen LogP contribution is 2.23. The van der Waals surface area contributed by atoms with Gasteiger partial charge in [0.1, 0.15) is 11.5 Å². The molecule has 0 aromatic heterocycles. The number of nitrogens with one attached hydrogen (secondary N) is 2. The first-order valence-electron chi connectivity index (χ1n) is 10.8. The zero-order valence-corrected chi connectivity index (χ0v) is 19.6. The Morgan fingerprint density at radius 1 is 0.758 bits per heavy atom. The standard InChI is InChI=1S/C27H30N2O4/c1-18(33-24-16-14-23(32-5)15-17-24)25(30)28-21-10-12-22(13-11-21)29-26(31)19-6-8-20(9-7-19)27(2,3)4/h6-18H,1-5H3,(H,28,30)(H,29,31). The molecule has 0 fully saturated rings. The summed E-state index contributed by atoms with van der Waals surface area (Å²) in [7, 11) is 1.59. The van der Waals surface area contributed by atoms with Gasteiger partial charge < -0.3 is 20.1 Å². The van der Waals surface area contributed by atoms with Crippen LogP contribution in [-0.4, -0.2) is 25.0 Å². The Hall–Kier alpha value is -3.80. The molecule has 0 bridgehead atoms. The second kappa shape index (κ2) is 10.2. The molecule has 3 aromatic rings. The molecule has 172 valence electrons. The number of carbonyl (C=O) groups excluding carboxylic acids is 2. The van der Waals surface area contributed by atoms with E-state index in [2.05, 4.69) is 31.4 Å². The number of amides is 2. The van der Waals surface area contributed by atoms with Gasteiger partial charge in [0.25, 0.3) is 11.8 Å². The summed E-state index contributed by atoms with van der Waals surface area (Å²) in [6.45, 7) is 8.08. The summed E-state index contributed by atoms with van der Waals surface area (Å²) in [6.07, 6.45) is -0.686. The van der Waals surface area contributed by atoms with Crippen molar-refractivity contribution in [1.29, 1.82) is 0 Å². The van der Waals surface area contributed by atoms with Crippen molar-refractivity contribution in [2.75, 3.05) is 17.7 Å². The van der Waals surface area contributed by atoms with Crippen LogP contribution in [-0.2, 0) is 10.2 Å². The minimum atomic E-state index is -0.686. The fraction of sp³-hybridized carbons (Fsp3) is 0.259. The Morgan fingerprint density at radius 3 is 1.79 bits per heavy atom. The molecule has 0 spiro atoms. The second-order valence-corrected chi connectivity index (χ2v) is 8.78. The summed E-state index contributed by atoms with van der Waals surface area (Å²) in [5.74, 6) is 0.830. The minimum absolute atomic E-state index is 0.0342. The molecular formula is C27H30N2O4. The highest BCUT2D eigenvalue weighted by Gasteiger charge is 2.16. The molecule has 0 saturated carbocycles. The number of methoxy groups -OCH3 is 1. The van der Waals surface area contributed by atoms with Crippen LogP contribution in [0, 0.1) is 0 Å². The van der Waals surface area contributed by atoms with E-state index in [1.54, 1.807) is 62.6 Å². The van der Waals surface area contributed by atoms with Gasteiger partial charge in [-0.2, -0.15) is 0 Å². The number of anilines is 2. The number of hydrogen-bond acceptors (Lipinski definition) is 4. The number of carbonyl (C=O) groups is 2. The highest BCUT2D eigenvalue weighted by molar-refractivity contribution is 6.04. The van der Waals surface area contributed by atoms with Crippen LogP contribution in [0.25, 0.3) is 0 Å². The fourth-order valence-electron chi connectivity index (χ4n) is 3.12. The largest absolute Gasteiger partial charge is 0.497 e. The van der Waals surface area contributed by atoms with Gasteiger partial charge in [-0.25, -0.2) is 0 Å². The number of benzene rings is 3. The molecule has 1 unspecified atom stereocenters. The van der Waals surface area contributed by atoms with Crippen LogP contribution in [0.3, 0.4) is 0 Å². The predicted molar refractivity (Wildman–Crippen MR) is 131 cm³/mol. The number of ether oxygens (including phenoxy) is 2. The summed E-state index contributed by atoms with van der Waals surface area (Å²) in [5.41, 5.74) is 3.04. The van der Waals surface area contributed by atoms with E-state index in [-0.39, 0.29) is 17.2 Å². The SMILES string of the molecule is COc1ccc(OC(C)C(=O)Nc2ccc(NC(=O)c3ccc(C(C)(C)C)cc3)cc2)cc1. The van der Waals surface area contributed by atoms with Gasteiger partial charge in [0.2, 0.25) is 0 Å². The van der Waals surface area contributed by atoms with E-state index >= 15 is 0 Å². The number of rotatable bonds is 7. The second-order valence-electron chi connectivity index (χ2n) is 8.78. The highest BCUT2D eigenvalue weighted by atomic mass is 16.5. The summed E-state index contributed by atoms with van der Waals surface area (Å²) >= 11 is 0. The molecule has 0 aliphatic carbocycles. The Labute approximate surface area is 194 Å². The summed E-state index contributed by atoms with van der Waals surface area (Å²) < 4.78 is 10.8. The van der Waals surface area contributed by atoms with Crippen molar-refractivity contribution in [3.63, 3.8) is 0 Å². The van der Waals surface area contributed by atoms with Gasteiger partial charge in [0.05, 0.1) is 7.11 Å². The molecule has 0 aliphatic rings. The monoisotopic (exact) mass is 446 g/mol. The van der Waals surface area contributed by atoms with Crippen molar-refractivity contribution in [2.24, 2.45) is 0 Å². The van der Waals surface area contributed by atoms with Crippen molar-refractivity contribution in [1.82, 2.24) is 0 Å². The average Bonchev–Trinajstić information content (AvgIpc) is 2.80.